The molecule has 1 spiro atoms. The minimum atomic E-state index is -0.631. The van der Waals surface area contributed by atoms with Crippen LogP contribution in [0.1, 0.15) is 43.2 Å². The first-order valence-electron chi connectivity index (χ1n) is 10.5. The fraction of sp³-hybridized carbons (Fsp3) is 0.458. The van der Waals surface area contributed by atoms with Gasteiger partial charge in [-0.1, -0.05) is 36.4 Å². The molecule has 28 heavy (non-hydrogen) atoms. The van der Waals surface area contributed by atoms with Crippen molar-refractivity contribution in [3.8, 4) is 11.5 Å². The van der Waals surface area contributed by atoms with Crippen LogP contribution in [0.2, 0.25) is 0 Å². The first kappa shape index (κ1) is 17.7. The fourth-order valence-electron chi connectivity index (χ4n) is 5.65. The van der Waals surface area contributed by atoms with Crippen LogP contribution in [-0.2, 0) is 16.6 Å². The Morgan fingerprint density at radius 1 is 1.00 bits per heavy atom. The lowest BCUT2D eigenvalue weighted by molar-refractivity contribution is -0.143. The van der Waals surface area contributed by atoms with E-state index in [1.807, 2.05) is 6.07 Å². The molecule has 1 saturated heterocycles. The van der Waals surface area contributed by atoms with Gasteiger partial charge in [0.25, 0.3) is 0 Å². The number of benzene rings is 2. The van der Waals surface area contributed by atoms with E-state index in [4.69, 9.17) is 4.74 Å². The van der Waals surface area contributed by atoms with Crippen molar-refractivity contribution in [2.24, 2.45) is 5.92 Å². The van der Waals surface area contributed by atoms with Gasteiger partial charge in [0.05, 0.1) is 5.92 Å². The van der Waals surface area contributed by atoms with Gasteiger partial charge in [0.2, 0.25) is 0 Å². The number of fused-ring (bicyclic) bond motifs is 3. The average molecular weight is 377 g/mol. The van der Waals surface area contributed by atoms with Crippen LogP contribution in [0.3, 0.4) is 0 Å². The number of carbonyl (C=O) groups is 1. The molecule has 2 heterocycles. The third-order valence-electron chi connectivity index (χ3n) is 7.16. The Balaban J connectivity index is 1.43. The largest absolute Gasteiger partial charge is 0.481 e. The summed E-state index contributed by atoms with van der Waals surface area (Å²) < 4.78 is 6.33. The zero-order valence-electron chi connectivity index (χ0n) is 16.1. The molecule has 2 fully saturated rings. The Bertz CT molecular complexity index is 887. The lowest BCUT2D eigenvalue weighted by Gasteiger charge is -2.36. The maximum absolute atomic E-state index is 11.3. The fourth-order valence-corrected chi connectivity index (χ4v) is 5.65. The number of carboxylic acids is 1. The van der Waals surface area contributed by atoms with Crippen LogP contribution >= 0.6 is 0 Å². The van der Waals surface area contributed by atoms with Crippen LogP contribution in [0.4, 0.5) is 0 Å². The number of likely N-dealkylation sites (tertiary alicyclic amines) is 1. The van der Waals surface area contributed by atoms with Crippen LogP contribution in [0.15, 0.2) is 48.5 Å². The van der Waals surface area contributed by atoms with Crippen molar-refractivity contribution in [1.29, 1.82) is 0 Å². The molecule has 2 aromatic carbocycles. The van der Waals surface area contributed by atoms with Gasteiger partial charge in [-0.05, 0) is 69.3 Å². The number of hydrogen-bond acceptors (Lipinski definition) is 3. The molecule has 2 aliphatic heterocycles. The minimum absolute atomic E-state index is 0.109. The van der Waals surface area contributed by atoms with Crippen molar-refractivity contribution in [3.63, 3.8) is 0 Å². The number of para-hydroxylation sites is 2. The molecule has 0 bridgehead atoms. The molecule has 0 amide bonds. The number of piperidine rings is 1. The van der Waals surface area contributed by atoms with Gasteiger partial charge in [0.15, 0.2) is 0 Å². The molecular formula is C24H27NO3. The lowest BCUT2D eigenvalue weighted by atomic mass is 9.74. The van der Waals surface area contributed by atoms with E-state index in [9.17, 15) is 9.90 Å². The van der Waals surface area contributed by atoms with E-state index in [2.05, 4.69) is 47.4 Å². The van der Waals surface area contributed by atoms with E-state index in [0.29, 0.717) is 6.04 Å². The molecule has 1 saturated carbocycles. The second kappa shape index (κ2) is 6.93. The van der Waals surface area contributed by atoms with E-state index < -0.39 is 5.97 Å². The highest BCUT2D eigenvalue weighted by atomic mass is 16.5. The Hall–Kier alpha value is -2.33. The maximum Gasteiger partial charge on any atom is 0.306 e. The molecule has 2 unspecified atom stereocenters. The summed E-state index contributed by atoms with van der Waals surface area (Å²) in [5, 5.41) is 9.29. The van der Waals surface area contributed by atoms with Gasteiger partial charge in [-0.25, -0.2) is 0 Å². The number of carboxylic acid groups (broad SMARTS) is 1. The molecule has 5 rings (SSSR count). The van der Waals surface area contributed by atoms with Crippen LogP contribution < -0.4 is 4.74 Å². The summed E-state index contributed by atoms with van der Waals surface area (Å²) in [7, 11) is 0. The van der Waals surface area contributed by atoms with Gasteiger partial charge >= 0.3 is 5.97 Å². The van der Waals surface area contributed by atoms with Crippen molar-refractivity contribution in [1.82, 2.24) is 4.90 Å². The Kier molecular flexibility index (Phi) is 4.39. The smallest absolute Gasteiger partial charge is 0.306 e. The number of rotatable bonds is 2. The Morgan fingerprint density at radius 3 is 2.50 bits per heavy atom. The molecule has 4 nitrogen and oxygen atoms in total. The minimum Gasteiger partial charge on any atom is -0.481 e. The van der Waals surface area contributed by atoms with Crippen molar-refractivity contribution >= 4 is 5.97 Å². The van der Waals surface area contributed by atoms with Crippen LogP contribution in [0, 0.1) is 5.92 Å². The highest BCUT2D eigenvalue weighted by Crippen LogP contribution is 2.52. The summed E-state index contributed by atoms with van der Waals surface area (Å²) in [6, 6.07) is 17.5. The number of ether oxygens (including phenoxy) is 1. The first-order chi connectivity index (χ1) is 13.6. The van der Waals surface area contributed by atoms with Gasteiger partial charge in [0, 0.05) is 17.0 Å². The third-order valence-corrected chi connectivity index (χ3v) is 7.16. The molecule has 146 valence electrons. The number of hydrogen-bond donors (Lipinski definition) is 1. The van der Waals surface area contributed by atoms with E-state index >= 15 is 0 Å². The Labute approximate surface area is 166 Å². The zero-order chi connectivity index (χ0) is 19.1. The number of aliphatic carboxylic acids is 1. The zero-order valence-corrected chi connectivity index (χ0v) is 16.1. The second-order valence-electron chi connectivity index (χ2n) is 8.71. The lowest BCUT2D eigenvalue weighted by Crippen LogP contribution is -2.42. The van der Waals surface area contributed by atoms with Gasteiger partial charge in [-0.3, -0.25) is 4.79 Å². The molecule has 0 aromatic heterocycles. The summed E-state index contributed by atoms with van der Waals surface area (Å²) >= 11 is 0. The summed E-state index contributed by atoms with van der Waals surface area (Å²) in [4.78, 5) is 13.8. The van der Waals surface area contributed by atoms with Gasteiger partial charge < -0.3 is 14.7 Å². The molecule has 2 atom stereocenters. The summed E-state index contributed by atoms with van der Waals surface area (Å²) in [5.74, 6) is 1.19. The standard InChI is InChI=1S/C24H27NO3/c26-23(27)17-10-13-25(14-11-17)19-9-12-24(16-19)15-18-5-1-3-7-21(18)28-22-8-4-2-6-20(22)24/h1-8,17,19H,9-16H2,(H,26,27). The summed E-state index contributed by atoms with van der Waals surface area (Å²) in [5.41, 5.74) is 2.75. The predicted molar refractivity (Wildman–Crippen MR) is 108 cm³/mol. The predicted octanol–water partition coefficient (Wildman–Crippen LogP) is 4.62. The highest BCUT2D eigenvalue weighted by Gasteiger charge is 2.46. The number of nitrogens with zero attached hydrogens (tertiary/aromatic N) is 1. The monoisotopic (exact) mass is 377 g/mol. The van der Waals surface area contributed by atoms with Crippen LogP contribution in [0.25, 0.3) is 0 Å². The normalized spacial score (nSPS) is 27.6. The highest BCUT2D eigenvalue weighted by molar-refractivity contribution is 5.70. The summed E-state index contributed by atoms with van der Waals surface area (Å²) in [6.07, 6.45) is 6.03. The van der Waals surface area contributed by atoms with E-state index in [1.54, 1.807) is 0 Å². The van der Waals surface area contributed by atoms with E-state index in [0.717, 1.165) is 56.7 Å². The second-order valence-corrected chi connectivity index (χ2v) is 8.71. The molecule has 4 heteroatoms. The van der Waals surface area contributed by atoms with E-state index in [1.165, 1.54) is 17.5 Å². The molecule has 1 aliphatic carbocycles. The van der Waals surface area contributed by atoms with E-state index in [-0.39, 0.29) is 11.3 Å². The summed E-state index contributed by atoms with van der Waals surface area (Å²) in [6.45, 7) is 1.82. The van der Waals surface area contributed by atoms with Crippen molar-refractivity contribution in [3.05, 3.63) is 59.7 Å². The molecule has 1 N–H and O–H groups in total. The first-order valence-corrected chi connectivity index (χ1v) is 10.5. The van der Waals surface area contributed by atoms with Gasteiger partial charge in [-0.15, -0.1) is 0 Å². The third kappa shape index (κ3) is 3.00. The SMILES string of the molecule is O=C(O)C1CCN(C2CCC3(Cc4ccccc4Oc4ccccc43)C2)CC1. The van der Waals surface area contributed by atoms with Gasteiger partial charge in [0.1, 0.15) is 11.5 Å². The molecule has 3 aliphatic rings. The average Bonchev–Trinajstić information content (AvgIpc) is 3.08. The molecular weight excluding hydrogens is 350 g/mol. The molecule has 0 radical (unpaired) electrons. The van der Waals surface area contributed by atoms with Crippen molar-refractivity contribution in [2.45, 2.75) is 50.0 Å². The van der Waals surface area contributed by atoms with Crippen molar-refractivity contribution in [2.75, 3.05) is 13.1 Å². The van der Waals surface area contributed by atoms with Gasteiger partial charge in [-0.2, -0.15) is 0 Å². The quantitative estimate of drug-likeness (QED) is 0.830. The van der Waals surface area contributed by atoms with Crippen LogP contribution in [0.5, 0.6) is 11.5 Å². The Morgan fingerprint density at radius 2 is 1.71 bits per heavy atom. The van der Waals surface area contributed by atoms with Crippen LogP contribution in [-0.4, -0.2) is 35.1 Å². The maximum atomic E-state index is 11.3. The topological polar surface area (TPSA) is 49.8 Å². The molecule has 2 aromatic rings. The van der Waals surface area contributed by atoms with Crippen molar-refractivity contribution < 1.29 is 14.6 Å².